The summed E-state index contributed by atoms with van der Waals surface area (Å²) in [6.45, 7) is -0.316. The molecule has 18 heavy (non-hydrogen) atoms. The van der Waals surface area contributed by atoms with E-state index in [-0.39, 0.29) is 18.0 Å². The Kier molecular flexibility index (Phi) is 4.55. The van der Waals surface area contributed by atoms with Crippen LogP contribution in [0.15, 0.2) is 18.2 Å². The van der Waals surface area contributed by atoms with Gasteiger partial charge in [0.25, 0.3) is 0 Å². The molecule has 0 aliphatic carbocycles. The number of halogens is 3. The van der Waals surface area contributed by atoms with E-state index in [4.69, 9.17) is 4.74 Å². The van der Waals surface area contributed by atoms with Crippen molar-refractivity contribution in [3.8, 4) is 5.75 Å². The van der Waals surface area contributed by atoms with Gasteiger partial charge in [-0.3, -0.25) is 4.79 Å². The SMILES string of the molecule is COCC(=O)Nc1ccc(OC)cc1C(F)(F)F. The molecule has 0 bridgehead atoms. The van der Waals surface area contributed by atoms with E-state index in [1.807, 2.05) is 0 Å². The van der Waals surface area contributed by atoms with Crippen molar-refractivity contribution >= 4 is 11.6 Å². The molecule has 0 saturated heterocycles. The van der Waals surface area contributed by atoms with E-state index in [1.165, 1.54) is 20.3 Å². The Labute approximate surface area is 102 Å². The molecule has 0 radical (unpaired) electrons. The summed E-state index contributed by atoms with van der Waals surface area (Å²) >= 11 is 0. The second kappa shape index (κ2) is 5.72. The molecule has 1 aromatic rings. The molecule has 1 amide bonds. The lowest BCUT2D eigenvalue weighted by molar-refractivity contribution is -0.137. The summed E-state index contributed by atoms with van der Waals surface area (Å²) in [5.74, 6) is -0.597. The summed E-state index contributed by atoms with van der Waals surface area (Å²) in [5, 5.41) is 2.13. The zero-order chi connectivity index (χ0) is 13.8. The molecule has 100 valence electrons. The number of hydrogen-bond acceptors (Lipinski definition) is 3. The van der Waals surface area contributed by atoms with E-state index in [0.29, 0.717) is 0 Å². The molecule has 0 unspecified atom stereocenters. The van der Waals surface area contributed by atoms with Gasteiger partial charge < -0.3 is 14.8 Å². The smallest absolute Gasteiger partial charge is 0.418 e. The first-order valence-electron chi connectivity index (χ1n) is 4.92. The monoisotopic (exact) mass is 263 g/mol. The molecule has 0 aromatic heterocycles. The quantitative estimate of drug-likeness (QED) is 0.906. The highest BCUT2D eigenvalue weighted by Gasteiger charge is 2.34. The summed E-state index contributed by atoms with van der Waals surface area (Å²) in [7, 11) is 2.54. The minimum atomic E-state index is -4.58. The zero-order valence-electron chi connectivity index (χ0n) is 9.80. The fourth-order valence-electron chi connectivity index (χ4n) is 1.31. The van der Waals surface area contributed by atoms with Gasteiger partial charge in [-0.05, 0) is 18.2 Å². The van der Waals surface area contributed by atoms with E-state index in [0.717, 1.165) is 12.1 Å². The number of nitrogens with one attached hydrogen (secondary N) is 1. The van der Waals surface area contributed by atoms with Gasteiger partial charge in [0.2, 0.25) is 5.91 Å². The number of anilines is 1. The lowest BCUT2D eigenvalue weighted by Gasteiger charge is -2.14. The number of rotatable bonds is 4. The fraction of sp³-hybridized carbons (Fsp3) is 0.364. The number of hydrogen-bond donors (Lipinski definition) is 1. The highest BCUT2D eigenvalue weighted by molar-refractivity contribution is 5.92. The molecule has 0 aliphatic rings. The Morgan fingerprint density at radius 1 is 1.33 bits per heavy atom. The van der Waals surface area contributed by atoms with Crippen molar-refractivity contribution in [2.45, 2.75) is 6.18 Å². The van der Waals surface area contributed by atoms with Crippen molar-refractivity contribution in [1.29, 1.82) is 0 Å². The van der Waals surface area contributed by atoms with Crippen LogP contribution in [0.2, 0.25) is 0 Å². The lowest BCUT2D eigenvalue weighted by atomic mass is 10.1. The molecular weight excluding hydrogens is 251 g/mol. The molecule has 1 N–H and O–H groups in total. The lowest BCUT2D eigenvalue weighted by Crippen LogP contribution is -2.20. The molecule has 0 spiro atoms. The standard InChI is InChI=1S/C11H12F3NO3/c1-17-6-10(16)15-9-4-3-7(18-2)5-8(9)11(12,13)14/h3-5H,6H2,1-2H3,(H,15,16). The predicted octanol–water partition coefficient (Wildman–Crippen LogP) is 2.30. The maximum atomic E-state index is 12.8. The number of methoxy groups -OCH3 is 2. The summed E-state index contributed by atoms with van der Waals surface area (Å²) in [6, 6.07) is 3.29. The Morgan fingerprint density at radius 3 is 2.50 bits per heavy atom. The number of amides is 1. The van der Waals surface area contributed by atoms with E-state index in [9.17, 15) is 18.0 Å². The highest BCUT2D eigenvalue weighted by Crippen LogP contribution is 2.37. The van der Waals surface area contributed by atoms with Crippen LogP contribution in [0.25, 0.3) is 0 Å². The number of carbonyl (C=O) groups is 1. The van der Waals surface area contributed by atoms with Gasteiger partial charge in [-0.25, -0.2) is 0 Å². The van der Waals surface area contributed by atoms with Gasteiger partial charge in [-0.2, -0.15) is 13.2 Å². The van der Waals surface area contributed by atoms with Crippen LogP contribution >= 0.6 is 0 Å². The van der Waals surface area contributed by atoms with Crippen molar-refractivity contribution in [3.05, 3.63) is 23.8 Å². The number of alkyl halides is 3. The van der Waals surface area contributed by atoms with E-state index >= 15 is 0 Å². The van der Waals surface area contributed by atoms with Crippen molar-refractivity contribution < 1.29 is 27.4 Å². The molecular formula is C11H12F3NO3. The second-order valence-corrected chi connectivity index (χ2v) is 3.39. The first-order chi connectivity index (χ1) is 8.38. The maximum Gasteiger partial charge on any atom is 0.418 e. The Hall–Kier alpha value is -1.76. The van der Waals surface area contributed by atoms with Gasteiger partial charge in [0.1, 0.15) is 12.4 Å². The van der Waals surface area contributed by atoms with Gasteiger partial charge in [-0.1, -0.05) is 0 Å². The van der Waals surface area contributed by atoms with Crippen LogP contribution in [0.3, 0.4) is 0 Å². The Morgan fingerprint density at radius 2 is 2.00 bits per heavy atom. The normalized spacial score (nSPS) is 11.2. The second-order valence-electron chi connectivity index (χ2n) is 3.39. The third-order valence-corrected chi connectivity index (χ3v) is 2.08. The minimum absolute atomic E-state index is 0.0621. The summed E-state index contributed by atoms with van der Waals surface area (Å²) < 4.78 is 47.5. The van der Waals surface area contributed by atoms with E-state index in [1.54, 1.807) is 0 Å². The van der Waals surface area contributed by atoms with Crippen molar-refractivity contribution in [3.63, 3.8) is 0 Å². The van der Waals surface area contributed by atoms with Crippen LogP contribution in [0.1, 0.15) is 5.56 Å². The van der Waals surface area contributed by atoms with Crippen LogP contribution in [0.5, 0.6) is 5.75 Å². The van der Waals surface area contributed by atoms with Crippen molar-refractivity contribution in [2.24, 2.45) is 0 Å². The highest BCUT2D eigenvalue weighted by atomic mass is 19.4. The number of benzene rings is 1. The van der Waals surface area contributed by atoms with Gasteiger partial charge in [0.15, 0.2) is 0 Å². The zero-order valence-corrected chi connectivity index (χ0v) is 9.80. The molecule has 4 nitrogen and oxygen atoms in total. The fourth-order valence-corrected chi connectivity index (χ4v) is 1.31. The molecule has 1 rings (SSSR count). The minimum Gasteiger partial charge on any atom is -0.497 e. The molecule has 0 aliphatic heterocycles. The molecule has 0 saturated carbocycles. The predicted molar refractivity (Wildman–Crippen MR) is 58.5 cm³/mol. The topological polar surface area (TPSA) is 47.6 Å². The molecule has 0 heterocycles. The van der Waals surface area contributed by atoms with E-state index in [2.05, 4.69) is 10.1 Å². The summed E-state index contributed by atoms with van der Waals surface area (Å²) in [5.41, 5.74) is -1.29. The largest absolute Gasteiger partial charge is 0.497 e. The first-order valence-corrected chi connectivity index (χ1v) is 4.92. The Balaban J connectivity index is 3.07. The molecule has 0 fully saturated rings. The van der Waals surface area contributed by atoms with Crippen LogP contribution < -0.4 is 10.1 Å². The Bertz CT molecular complexity index is 432. The van der Waals surface area contributed by atoms with Crippen LogP contribution in [-0.4, -0.2) is 26.7 Å². The van der Waals surface area contributed by atoms with Gasteiger partial charge in [0, 0.05) is 7.11 Å². The number of carbonyl (C=O) groups excluding carboxylic acids is 1. The van der Waals surface area contributed by atoms with Gasteiger partial charge in [-0.15, -0.1) is 0 Å². The summed E-state index contributed by atoms with van der Waals surface area (Å²) in [6.07, 6.45) is -4.58. The van der Waals surface area contributed by atoms with Crippen molar-refractivity contribution in [2.75, 3.05) is 26.1 Å². The third kappa shape index (κ3) is 3.63. The van der Waals surface area contributed by atoms with E-state index < -0.39 is 17.6 Å². The molecule has 0 atom stereocenters. The van der Waals surface area contributed by atoms with Crippen LogP contribution in [0, 0.1) is 0 Å². The average Bonchev–Trinajstić information content (AvgIpc) is 2.28. The molecule has 7 heteroatoms. The first kappa shape index (κ1) is 14.3. The van der Waals surface area contributed by atoms with Crippen molar-refractivity contribution in [1.82, 2.24) is 0 Å². The van der Waals surface area contributed by atoms with Gasteiger partial charge in [0.05, 0.1) is 18.4 Å². The third-order valence-electron chi connectivity index (χ3n) is 2.08. The molecule has 1 aromatic carbocycles. The van der Waals surface area contributed by atoms with Crippen LogP contribution in [-0.2, 0) is 15.7 Å². The van der Waals surface area contributed by atoms with Crippen LogP contribution in [0.4, 0.5) is 18.9 Å². The average molecular weight is 263 g/mol. The summed E-state index contributed by atoms with van der Waals surface area (Å²) in [4.78, 5) is 11.2. The number of ether oxygens (including phenoxy) is 2. The maximum absolute atomic E-state index is 12.8. The van der Waals surface area contributed by atoms with Gasteiger partial charge >= 0.3 is 6.18 Å².